The Balaban J connectivity index is 1.93. The largest absolute Gasteiger partial charge is 0.330 e. The first-order valence-corrected chi connectivity index (χ1v) is 5.08. The maximum Gasteiger partial charge on any atom is 0.138 e. The second kappa shape index (κ2) is 4.06. The number of aromatic nitrogens is 3. The molecule has 78 valence electrons. The van der Waals surface area contributed by atoms with Gasteiger partial charge in [0.1, 0.15) is 12.2 Å². The minimum absolute atomic E-state index is 0.605. The van der Waals surface area contributed by atoms with Crippen LogP contribution in [0.2, 0.25) is 0 Å². The van der Waals surface area contributed by atoms with Gasteiger partial charge in [0, 0.05) is 12.6 Å². The molecule has 3 N–H and O–H groups in total. The number of nitrogens with two attached hydrogens (primary N) is 1. The lowest BCUT2D eigenvalue weighted by molar-refractivity contribution is 0.250. The van der Waals surface area contributed by atoms with Crippen molar-refractivity contribution >= 4 is 0 Å². The summed E-state index contributed by atoms with van der Waals surface area (Å²) in [5, 5.41) is 6.72. The van der Waals surface area contributed by atoms with Gasteiger partial charge in [-0.1, -0.05) is 0 Å². The number of aromatic amines is 1. The number of H-pyrrole nitrogens is 1. The van der Waals surface area contributed by atoms with Crippen LogP contribution >= 0.6 is 0 Å². The Labute approximate surface area is 83.7 Å². The third-order valence-corrected chi connectivity index (χ3v) is 2.94. The maximum absolute atomic E-state index is 5.67. The standard InChI is InChI=1S/C9H17N5/c1-7-2-8(3-10)4-14(7)5-9-11-6-12-13-9/h6-8H,2-5,10H2,1H3,(H,11,12,13). The quantitative estimate of drug-likeness (QED) is 0.710. The Bertz CT molecular complexity index is 271. The summed E-state index contributed by atoms with van der Waals surface area (Å²) in [6, 6.07) is 0.605. The van der Waals surface area contributed by atoms with Crippen LogP contribution in [0.25, 0.3) is 0 Å². The van der Waals surface area contributed by atoms with Crippen molar-refractivity contribution in [2.75, 3.05) is 13.1 Å². The first-order chi connectivity index (χ1) is 6.79. The van der Waals surface area contributed by atoms with E-state index in [1.807, 2.05) is 0 Å². The van der Waals surface area contributed by atoms with Crippen LogP contribution in [0.1, 0.15) is 19.2 Å². The third-order valence-electron chi connectivity index (χ3n) is 2.94. The molecule has 1 saturated heterocycles. The summed E-state index contributed by atoms with van der Waals surface area (Å²) in [5.74, 6) is 1.59. The van der Waals surface area contributed by atoms with Crippen molar-refractivity contribution < 1.29 is 0 Å². The highest BCUT2D eigenvalue weighted by atomic mass is 15.2. The zero-order chi connectivity index (χ0) is 9.97. The lowest BCUT2D eigenvalue weighted by Gasteiger charge is -2.18. The topological polar surface area (TPSA) is 70.8 Å². The molecule has 1 aliphatic heterocycles. The molecule has 1 aromatic heterocycles. The van der Waals surface area contributed by atoms with Crippen LogP contribution in [-0.2, 0) is 6.54 Å². The molecule has 2 rings (SSSR count). The van der Waals surface area contributed by atoms with Crippen molar-refractivity contribution in [2.24, 2.45) is 11.7 Å². The molecular formula is C9H17N5. The first kappa shape index (κ1) is 9.61. The van der Waals surface area contributed by atoms with E-state index in [2.05, 4.69) is 27.0 Å². The Hall–Kier alpha value is -0.940. The second-order valence-electron chi connectivity index (χ2n) is 4.05. The Kier molecular flexibility index (Phi) is 2.79. The van der Waals surface area contributed by atoms with Gasteiger partial charge in [-0.2, -0.15) is 5.10 Å². The minimum Gasteiger partial charge on any atom is -0.330 e. The molecule has 0 saturated carbocycles. The maximum atomic E-state index is 5.67. The van der Waals surface area contributed by atoms with Crippen molar-refractivity contribution in [1.82, 2.24) is 20.1 Å². The molecule has 1 aromatic rings. The SMILES string of the molecule is CC1CC(CN)CN1Cc1ncn[nH]1. The first-order valence-electron chi connectivity index (χ1n) is 5.08. The van der Waals surface area contributed by atoms with Crippen LogP contribution in [0, 0.1) is 5.92 Å². The molecule has 2 atom stereocenters. The van der Waals surface area contributed by atoms with Crippen LogP contribution in [0.15, 0.2) is 6.33 Å². The molecule has 5 heteroatoms. The lowest BCUT2D eigenvalue weighted by Crippen LogP contribution is -2.27. The zero-order valence-corrected chi connectivity index (χ0v) is 8.48. The average Bonchev–Trinajstić information content (AvgIpc) is 2.78. The summed E-state index contributed by atoms with van der Waals surface area (Å²) in [6.07, 6.45) is 2.75. The number of likely N-dealkylation sites (tertiary alicyclic amines) is 1. The van der Waals surface area contributed by atoms with Crippen LogP contribution < -0.4 is 5.73 Å². The fourth-order valence-corrected chi connectivity index (χ4v) is 2.11. The molecule has 14 heavy (non-hydrogen) atoms. The monoisotopic (exact) mass is 195 g/mol. The van der Waals surface area contributed by atoms with E-state index in [4.69, 9.17) is 5.73 Å². The van der Waals surface area contributed by atoms with E-state index in [1.165, 1.54) is 6.42 Å². The van der Waals surface area contributed by atoms with Crippen LogP contribution in [-0.4, -0.2) is 39.2 Å². The van der Waals surface area contributed by atoms with Crippen molar-refractivity contribution in [3.8, 4) is 0 Å². The van der Waals surface area contributed by atoms with Gasteiger partial charge < -0.3 is 5.73 Å². The molecule has 0 aliphatic carbocycles. The number of nitrogens with one attached hydrogen (secondary N) is 1. The van der Waals surface area contributed by atoms with Gasteiger partial charge in [-0.05, 0) is 25.8 Å². The molecule has 0 aromatic carbocycles. The number of hydrogen-bond acceptors (Lipinski definition) is 4. The summed E-state index contributed by atoms with van der Waals surface area (Å²) in [5.41, 5.74) is 5.67. The highest BCUT2D eigenvalue weighted by Crippen LogP contribution is 2.22. The Morgan fingerprint density at radius 3 is 3.14 bits per heavy atom. The summed E-state index contributed by atoms with van der Waals surface area (Å²) >= 11 is 0. The van der Waals surface area contributed by atoms with E-state index in [0.717, 1.165) is 25.5 Å². The fraction of sp³-hybridized carbons (Fsp3) is 0.778. The molecule has 0 bridgehead atoms. The summed E-state index contributed by atoms with van der Waals surface area (Å²) in [4.78, 5) is 6.53. The van der Waals surface area contributed by atoms with Gasteiger partial charge in [0.15, 0.2) is 0 Å². The highest BCUT2D eigenvalue weighted by molar-refractivity contribution is 4.88. The molecule has 0 radical (unpaired) electrons. The molecule has 0 spiro atoms. The van der Waals surface area contributed by atoms with Gasteiger partial charge in [-0.15, -0.1) is 0 Å². The van der Waals surface area contributed by atoms with Gasteiger partial charge >= 0.3 is 0 Å². The molecule has 2 unspecified atom stereocenters. The van der Waals surface area contributed by atoms with E-state index in [0.29, 0.717) is 12.0 Å². The second-order valence-corrected chi connectivity index (χ2v) is 4.05. The van der Waals surface area contributed by atoms with Crippen LogP contribution in [0.5, 0.6) is 0 Å². The minimum atomic E-state index is 0.605. The Morgan fingerprint density at radius 2 is 2.57 bits per heavy atom. The van der Waals surface area contributed by atoms with Crippen molar-refractivity contribution in [1.29, 1.82) is 0 Å². The van der Waals surface area contributed by atoms with E-state index < -0.39 is 0 Å². The zero-order valence-electron chi connectivity index (χ0n) is 8.48. The number of hydrogen-bond donors (Lipinski definition) is 2. The highest BCUT2D eigenvalue weighted by Gasteiger charge is 2.28. The van der Waals surface area contributed by atoms with E-state index in [-0.39, 0.29) is 0 Å². The molecule has 2 heterocycles. The van der Waals surface area contributed by atoms with Crippen molar-refractivity contribution in [2.45, 2.75) is 25.9 Å². The van der Waals surface area contributed by atoms with Gasteiger partial charge in [0.2, 0.25) is 0 Å². The Morgan fingerprint density at radius 1 is 1.71 bits per heavy atom. The van der Waals surface area contributed by atoms with E-state index >= 15 is 0 Å². The average molecular weight is 195 g/mol. The smallest absolute Gasteiger partial charge is 0.138 e. The van der Waals surface area contributed by atoms with Crippen molar-refractivity contribution in [3.63, 3.8) is 0 Å². The fourth-order valence-electron chi connectivity index (χ4n) is 2.11. The molecule has 0 amide bonds. The summed E-state index contributed by atoms with van der Waals surface area (Å²) in [6.45, 7) is 4.97. The number of nitrogens with zero attached hydrogens (tertiary/aromatic N) is 3. The van der Waals surface area contributed by atoms with Gasteiger partial charge in [-0.3, -0.25) is 10.00 Å². The normalized spacial score (nSPS) is 28.4. The van der Waals surface area contributed by atoms with Gasteiger partial charge in [0.05, 0.1) is 6.54 Å². The van der Waals surface area contributed by atoms with Crippen molar-refractivity contribution in [3.05, 3.63) is 12.2 Å². The summed E-state index contributed by atoms with van der Waals surface area (Å²) in [7, 11) is 0. The molecule has 5 nitrogen and oxygen atoms in total. The molecule has 1 aliphatic rings. The van der Waals surface area contributed by atoms with Gasteiger partial charge in [-0.25, -0.2) is 4.98 Å². The molecule has 1 fully saturated rings. The summed E-state index contributed by atoms with van der Waals surface area (Å²) < 4.78 is 0. The van der Waals surface area contributed by atoms with E-state index in [9.17, 15) is 0 Å². The molecular weight excluding hydrogens is 178 g/mol. The van der Waals surface area contributed by atoms with Crippen LogP contribution in [0.4, 0.5) is 0 Å². The van der Waals surface area contributed by atoms with E-state index in [1.54, 1.807) is 6.33 Å². The predicted molar refractivity (Wildman–Crippen MR) is 53.4 cm³/mol. The van der Waals surface area contributed by atoms with Crippen LogP contribution in [0.3, 0.4) is 0 Å². The lowest BCUT2D eigenvalue weighted by atomic mass is 10.1. The number of rotatable bonds is 3. The van der Waals surface area contributed by atoms with Gasteiger partial charge in [0.25, 0.3) is 0 Å². The third kappa shape index (κ3) is 1.93. The predicted octanol–water partition coefficient (Wildman–Crippen LogP) is -0.0262.